The molecule has 8 heteroatoms. The summed E-state index contributed by atoms with van der Waals surface area (Å²) < 4.78 is 19.7. The maximum atomic E-state index is 14.3. The van der Waals surface area contributed by atoms with Gasteiger partial charge in [0.2, 0.25) is 5.95 Å². The second-order valence-corrected chi connectivity index (χ2v) is 8.61. The Morgan fingerprint density at radius 1 is 1.07 bits per heavy atom. The smallest absolute Gasteiger partial charge is 0.236 e. The van der Waals surface area contributed by atoms with Crippen molar-refractivity contribution in [2.24, 2.45) is 5.92 Å². The fourth-order valence-corrected chi connectivity index (χ4v) is 4.30. The quantitative estimate of drug-likeness (QED) is 0.581. The Bertz CT molecular complexity index is 855. The normalized spacial score (nSPS) is 22.6. The van der Waals surface area contributed by atoms with Crippen LogP contribution in [0.1, 0.15) is 38.5 Å². The summed E-state index contributed by atoms with van der Waals surface area (Å²) in [6, 6.07) is 3.91. The number of aromatic nitrogens is 2. The van der Waals surface area contributed by atoms with Crippen molar-refractivity contribution in [2.45, 2.75) is 50.7 Å². The third kappa shape index (κ3) is 5.39. The minimum atomic E-state index is -0.518. The van der Waals surface area contributed by atoms with E-state index in [9.17, 15) is 9.50 Å². The molecule has 1 aliphatic carbocycles. The molecule has 1 saturated heterocycles. The molecule has 4 rings (SSSR count). The van der Waals surface area contributed by atoms with Crippen LogP contribution < -0.4 is 10.6 Å². The van der Waals surface area contributed by atoms with Gasteiger partial charge in [-0.2, -0.15) is 4.39 Å². The van der Waals surface area contributed by atoms with Crippen molar-refractivity contribution in [1.82, 2.24) is 9.97 Å². The Kier molecular flexibility index (Phi) is 7.02. The number of hydrogen-bond donors (Lipinski definition) is 3. The molecule has 0 spiro atoms. The highest BCUT2D eigenvalue weighted by Crippen LogP contribution is 2.32. The van der Waals surface area contributed by atoms with Crippen LogP contribution in [0, 0.1) is 11.9 Å². The number of ether oxygens (including phenoxy) is 1. The van der Waals surface area contributed by atoms with E-state index < -0.39 is 5.95 Å². The van der Waals surface area contributed by atoms with E-state index in [0.29, 0.717) is 23.2 Å². The minimum absolute atomic E-state index is 0.200. The van der Waals surface area contributed by atoms with Gasteiger partial charge in [0.05, 0.1) is 16.8 Å². The summed E-state index contributed by atoms with van der Waals surface area (Å²) in [5.74, 6) is 0.670. The lowest BCUT2D eigenvalue weighted by atomic mass is 9.93. The van der Waals surface area contributed by atoms with Crippen LogP contribution in [0.15, 0.2) is 24.5 Å². The topological polar surface area (TPSA) is 79.3 Å². The van der Waals surface area contributed by atoms with Gasteiger partial charge in [-0.25, -0.2) is 9.97 Å². The molecular weight excluding hydrogens is 407 g/mol. The van der Waals surface area contributed by atoms with Crippen molar-refractivity contribution in [3.63, 3.8) is 0 Å². The fraction of sp³-hybridized carbons (Fsp3) is 0.545. The van der Waals surface area contributed by atoms with Crippen LogP contribution in [0.5, 0.6) is 0 Å². The molecule has 2 fully saturated rings. The van der Waals surface area contributed by atoms with Crippen LogP contribution in [-0.4, -0.2) is 47.0 Å². The lowest BCUT2D eigenvalue weighted by molar-refractivity contribution is 0.0699. The van der Waals surface area contributed by atoms with Gasteiger partial charge in [-0.05, 0) is 56.6 Å². The number of nitrogens with zero attached hydrogens (tertiary/aromatic N) is 2. The van der Waals surface area contributed by atoms with Gasteiger partial charge in [0.25, 0.3) is 0 Å². The first-order chi connectivity index (χ1) is 14.6. The van der Waals surface area contributed by atoms with E-state index in [2.05, 4.69) is 20.6 Å². The van der Waals surface area contributed by atoms with Crippen molar-refractivity contribution in [3.8, 4) is 11.1 Å². The van der Waals surface area contributed by atoms with Gasteiger partial charge < -0.3 is 20.5 Å². The van der Waals surface area contributed by atoms with Crippen LogP contribution in [0.4, 0.5) is 15.9 Å². The minimum Gasteiger partial charge on any atom is -0.393 e. The molecule has 1 saturated carbocycles. The van der Waals surface area contributed by atoms with Crippen LogP contribution in [0.2, 0.25) is 5.02 Å². The number of pyridine rings is 2. The molecule has 0 aromatic carbocycles. The highest BCUT2D eigenvalue weighted by Gasteiger charge is 2.20. The number of halogens is 2. The summed E-state index contributed by atoms with van der Waals surface area (Å²) in [7, 11) is 0. The Morgan fingerprint density at radius 3 is 2.60 bits per heavy atom. The van der Waals surface area contributed by atoms with Gasteiger partial charge in [-0.1, -0.05) is 11.6 Å². The van der Waals surface area contributed by atoms with Gasteiger partial charge >= 0.3 is 0 Å². The summed E-state index contributed by atoms with van der Waals surface area (Å²) in [6.45, 7) is 2.21. The molecule has 0 amide bonds. The number of anilines is 2. The van der Waals surface area contributed by atoms with Gasteiger partial charge in [-0.15, -0.1) is 0 Å². The molecule has 30 heavy (non-hydrogen) atoms. The molecule has 2 aliphatic rings. The summed E-state index contributed by atoms with van der Waals surface area (Å²) in [5, 5.41) is 16.8. The van der Waals surface area contributed by atoms with Gasteiger partial charge in [-0.3, -0.25) is 0 Å². The molecule has 0 unspecified atom stereocenters. The maximum Gasteiger partial charge on any atom is 0.236 e. The van der Waals surface area contributed by atoms with Crippen molar-refractivity contribution in [1.29, 1.82) is 0 Å². The van der Waals surface area contributed by atoms with Crippen LogP contribution in [-0.2, 0) is 4.74 Å². The molecule has 3 N–H and O–H groups in total. The van der Waals surface area contributed by atoms with Gasteiger partial charge in [0, 0.05) is 49.3 Å². The first kappa shape index (κ1) is 21.3. The van der Waals surface area contributed by atoms with E-state index >= 15 is 0 Å². The van der Waals surface area contributed by atoms with E-state index in [-0.39, 0.29) is 12.1 Å². The number of aliphatic hydroxyl groups excluding tert-OH is 1. The molecule has 0 radical (unpaired) electrons. The fourth-order valence-electron chi connectivity index (χ4n) is 4.09. The second kappa shape index (κ2) is 9.90. The zero-order valence-electron chi connectivity index (χ0n) is 16.9. The average Bonchev–Trinajstić information content (AvgIpc) is 2.77. The van der Waals surface area contributed by atoms with Crippen LogP contribution in [0.3, 0.4) is 0 Å². The standard InChI is InChI=1S/C22H28ClFN4O2/c23-19-13-26-21(28-16-1-3-17(29)4-2-16)10-18(19)15-9-20(22(24)27-12-15)25-11-14-5-7-30-8-6-14/h9-10,12-14,16-17,25,29H,1-8,11H2,(H,26,28)/t16-,17-. The van der Waals surface area contributed by atoms with Crippen LogP contribution in [0.25, 0.3) is 11.1 Å². The van der Waals surface area contributed by atoms with E-state index in [1.165, 1.54) is 6.20 Å². The van der Waals surface area contributed by atoms with Crippen molar-refractivity contribution < 1.29 is 14.2 Å². The summed E-state index contributed by atoms with van der Waals surface area (Å²) in [4.78, 5) is 8.32. The predicted octanol–water partition coefficient (Wildman–Crippen LogP) is 4.49. The first-order valence-electron chi connectivity index (χ1n) is 10.7. The molecule has 2 aromatic rings. The molecule has 2 aromatic heterocycles. The summed E-state index contributed by atoms with van der Waals surface area (Å²) >= 11 is 6.40. The van der Waals surface area contributed by atoms with Gasteiger partial charge in [0.1, 0.15) is 5.82 Å². The van der Waals surface area contributed by atoms with E-state index in [0.717, 1.165) is 68.7 Å². The molecule has 162 valence electrons. The third-order valence-electron chi connectivity index (χ3n) is 5.98. The van der Waals surface area contributed by atoms with Crippen molar-refractivity contribution in [3.05, 3.63) is 35.5 Å². The lowest BCUT2D eigenvalue weighted by Crippen LogP contribution is -2.28. The van der Waals surface area contributed by atoms with Crippen molar-refractivity contribution in [2.75, 3.05) is 30.4 Å². The summed E-state index contributed by atoms with van der Waals surface area (Å²) in [6.07, 6.45) is 8.25. The highest BCUT2D eigenvalue weighted by molar-refractivity contribution is 6.33. The highest BCUT2D eigenvalue weighted by atomic mass is 35.5. The van der Waals surface area contributed by atoms with E-state index in [1.54, 1.807) is 12.3 Å². The average molecular weight is 435 g/mol. The zero-order valence-corrected chi connectivity index (χ0v) is 17.7. The monoisotopic (exact) mass is 434 g/mol. The Morgan fingerprint density at radius 2 is 1.83 bits per heavy atom. The van der Waals surface area contributed by atoms with Gasteiger partial charge in [0.15, 0.2) is 0 Å². The number of hydrogen-bond acceptors (Lipinski definition) is 6. The molecule has 3 heterocycles. The molecule has 6 nitrogen and oxygen atoms in total. The van der Waals surface area contributed by atoms with E-state index in [1.807, 2.05) is 6.07 Å². The SMILES string of the molecule is O[C@H]1CC[C@H](Nc2cc(-c3cnc(F)c(NCC4CCOCC4)c3)c(Cl)cn2)CC1. The summed E-state index contributed by atoms with van der Waals surface area (Å²) in [5.41, 5.74) is 1.87. The Labute approximate surface area is 181 Å². The molecular formula is C22H28ClFN4O2. The predicted molar refractivity (Wildman–Crippen MR) is 116 cm³/mol. The lowest BCUT2D eigenvalue weighted by Gasteiger charge is -2.26. The Hall–Kier alpha value is -1.96. The number of aliphatic hydroxyl groups is 1. The Balaban J connectivity index is 1.48. The molecule has 0 atom stereocenters. The zero-order chi connectivity index (χ0) is 20.9. The van der Waals surface area contributed by atoms with Crippen LogP contribution >= 0.6 is 11.6 Å². The largest absolute Gasteiger partial charge is 0.393 e. The van der Waals surface area contributed by atoms with Crippen molar-refractivity contribution >= 4 is 23.1 Å². The molecule has 1 aliphatic heterocycles. The third-order valence-corrected chi connectivity index (χ3v) is 6.28. The van der Waals surface area contributed by atoms with E-state index in [4.69, 9.17) is 16.3 Å². The first-order valence-corrected chi connectivity index (χ1v) is 11.0. The number of rotatable bonds is 6. The maximum absolute atomic E-state index is 14.3. The number of nitrogens with one attached hydrogen (secondary N) is 2. The second-order valence-electron chi connectivity index (χ2n) is 8.20. The molecule has 0 bridgehead atoms.